The van der Waals surface area contributed by atoms with Crippen molar-refractivity contribution in [3.63, 3.8) is 0 Å². The van der Waals surface area contributed by atoms with Gasteiger partial charge < -0.3 is 10.3 Å². The standard InChI is InChI=1S/C20H21FN6O/c1-11-19(12(2)27(3)26-11)17-9-18(25-24-17)20(28)22-7-6-13-10-23-16-8-14(21)4-5-15(13)16/h4-5,8-10,23H,6-7H2,1-3H3,(H,22,28)(H,24,25). The number of carbonyl (C=O) groups is 1. The molecule has 3 N–H and O–H groups in total. The first kappa shape index (κ1) is 18.0. The zero-order valence-corrected chi connectivity index (χ0v) is 15.9. The zero-order chi connectivity index (χ0) is 19.8. The van der Waals surface area contributed by atoms with Gasteiger partial charge in [-0.15, -0.1) is 0 Å². The molecule has 0 fully saturated rings. The number of H-pyrrole nitrogens is 2. The number of aromatic amines is 2. The molecular weight excluding hydrogens is 359 g/mol. The van der Waals surface area contributed by atoms with Crippen molar-refractivity contribution in [1.29, 1.82) is 0 Å². The Balaban J connectivity index is 1.42. The lowest BCUT2D eigenvalue weighted by Crippen LogP contribution is -2.25. The van der Waals surface area contributed by atoms with Gasteiger partial charge in [0.2, 0.25) is 0 Å². The summed E-state index contributed by atoms with van der Waals surface area (Å²) >= 11 is 0. The number of rotatable bonds is 5. The van der Waals surface area contributed by atoms with Gasteiger partial charge in [-0.05, 0) is 50.1 Å². The molecule has 0 bridgehead atoms. The fourth-order valence-electron chi connectivity index (χ4n) is 3.48. The molecule has 0 aliphatic heterocycles. The number of halogens is 1. The van der Waals surface area contributed by atoms with Crippen LogP contribution in [0.2, 0.25) is 0 Å². The minimum Gasteiger partial charge on any atom is -0.361 e. The maximum absolute atomic E-state index is 13.3. The molecule has 144 valence electrons. The van der Waals surface area contributed by atoms with Crippen LogP contribution in [0.3, 0.4) is 0 Å². The number of aromatic nitrogens is 5. The van der Waals surface area contributed by atoms with Gasteiger partial charge in [0.15, 0.2) is 0 Å². The van der Waals surface area contributed by atoms with Crippen LogP contribution in [0.25, 0.3) is 22.2 Å². The molecule has 0 radical (unpaired) electrons. The fraction of sp³-hybridized carbons (Fsp3) is 0.250. The average molecular weight is 380 g/mol. The van der Waals surface area contributed by atoms with E-state index in [0.29, 0.717) is 24.4 Å². The Morgan fingerprint density at radius 2 is 2.11 bits per heavy atom. The van der Waals surface area contributed by atoms with Crippen molar-refractivity contribution >= 4 is 16.8 Å². The topological polar surface area (TPSA) is 91.4 Å². The summed E-state index contributed by atoms with van der Waals surface area (Å²) in [5, 5.41) is 15.3. The Morgan fingerprint density at radius 1 is 1.29 bits per heavy atom. The van der Waals surface area contributed by atoms with Crippen molar-refractivity contribution in [3.8, 4) is 11.3 Å². The number of nitrogens with zero attached hydrogens (tertiary/aromatic N) is 3. The molecule has 1 aromatic carbocycles. The molecule has 0 saturated carbocycles. The monoisotopic (exact) mass is 380 g/mol. The van der Waals surface area contributed by atoms with Gasteiger partial charge in [0.05, 0.1) is 11.4 Å². The lowest BCUT2D eigenvalue weighted by atomic mass is 10.1. The molecule has 8 heteroatoms. The van der Waals surface area contributed by atoms with Gasteiger partial charge in [-0.25, -0.2) is 4.39 Å². The Kier molecular flexibility index (Phi) is 4.46. The number of benzene rings is 1. The van der Waals surface area contributed by atoms with E-state index in [1.165, 1.54) is 12.1 Å². The van der Waals surface area contributed by atoms with E-state index >= 15 is 0 Å². The number of fused-ring (bicyclic) bond motifs is 1. The van der Waals surface area contributed by atoms with E-state index in [1.54, 1.807) is 16.8 Å². The molecule has 0 atom stereocenters. The molecule has 7 nitrogen and oxygen atoms in total. The van der Waals surface area contributed by atoms with Gasteiger partial charge in [-0.3, -0.25) is 14.6 Å². The molecule has 4 aromatic rings. The van der Waals surface area contributed by atoms with Crippen LogP contribution < -0.4 is 5.32 Å². The summed E-state index contributed by atoms with van der Waals surface area (Å²) in [6.45, 7) is 4.35. The van der Waals surface area contributed by atoms with Gasteiger partial charge in [-0.2, -0.15) is 10.2 Å². The maximum atomic E-state index is 13.3. The highest BCUT2D eigenvalue weighted by Crippen LogP contribution is 2.25. The fourth-order valence-corrected chi connectivity index (χ4v) is 3.48. The smallest absolute Gasteiger partial charge is 0.269 e. The van der Waals surface area contributed by atoms with Crippen molar-refractivity contribution in [1.82, 2.24) is 30.3 Å². The quantitative estimate of drug-likeness (QED) is 0.497. The van der Waals surface area contributed by atoms with Crippen LogP contribution in [0, 0.1) is 19.7 Å². The van der Waals surface area contributed by atoms with Gasteiger partial charge >= 0.3 is 0 Å². The van der Waals surface area contributed by atoms with E-state index in [-0.39, 0.29) is 11.7 Å². The van der Waals surface area contributed by atoms with Crippen molar-refractivity contribution < 1.29 is 9.18 Å². The van der Waals surface area contributed by atoms with Crippen LogP contribution in [0.4, 0.5) is 4.39 Å². The number of hydrogen-bond acceptors (Lipinski definition) is 3. The first-order valence-corrected chi connectivity index (χ1v) is 9.03. The zero-order valence-electron chi connectivity index (χ0n) is 15.9. The SMILES string of the molecule is Cc1nn(C)c(C)c1-c1cc(C(=O)NCCc2c[nH]c3cc(F)ccc23)[nH]n1. The van der Waals surface area contributed by atoms with Crippen LogP contribution in [0.1, 0.15) is 27.4 Å². The molecule has 0 aliphatic carbocycles. The number of aryl methyl sites for hydroxylation is 2. The van der Waals surface area contributed by atoms with E-state index < -0.39 is 0 Å². The lowest BCUT2D eigenvalue weighted by molar-refractivity contribution is 0.0949. The van der Waals surface area contributed by atoms with Gasteiger partial charge in [-0.1, -0.05) is 0 Å². The van der Waals surface area contributed by atoms with Crippen molar-refractivity contribution in [3.05, 3.63) is 58.9 Å². The van der Waals surface area contributed by atoms with Crippen molar-refractivity contribution in [2.24, 2.45) is 7.05 Å². The third kappa shape index (κ3) is 3.17. The van der Waals surface area contributed by atoms with Gasteiger partial charge in [0.1, 0.15) is 11.5 Å². The van der Waals surface area contributed by atoms with Gasteiger partial charge in [0.25, 0.3) is 5.91 Å². The number of nitrogens with one attached hydrogen (secondary N) is 3. The third-order valence-corrected chi connectivity index (χ3v) is 5.00. The summed E-state index contributed by atoms with van der Waals surface area (Å²) in [6, 6.07) is 6.39. The summed E-state index contributed by atoms with van der Waals surface area (Å²) in [5.41, 5.74) is 5.68. The number of amides is 1. The Morgan fingerprint density at radius 3 is 2.86 bits per heavy atom. The summed E-state index contributed by atoms with van der Waals surface area (Å²) in [4.78, 5) is 15.5. The first-order valence-electron chi connectivity index (χ1n) is 9.03. The maximum Gasteiger partial charge on any atom is 0.269 e. The molecular formula is C20H21FN6O. The van der Waals surface area contributed by atoms with Crippen LogP contribution in [-0.2, 0) is 13.5 Å². The molecule has 0 saturated heterocycles. The molecule has 4 rings (SSSR count). The summed E-state index contributed by atoms with van der Waals surface area (Å²) in [5.74, 6) is -0.493. The molecule has 3 heterocycles. The molecule has 0 spiro atoms. The summed E-state index contributed by atoms with van der Waals surface area (Å²) in [6.07, 6.45) is 2.48. The highest BCUT2D eigenvalue weighted by Gasteiger charge is 2.17. The van der Waals surface area contributed by atoms with Crippen LogP contribution in [0.5, 0.6) is 0 Å². The second-order valence-electron chi connectivity index (χ2n) is 6.85. The van der Waals surface area contributed by atoms with Crippen LogP contribution in [0.15, 0.2) is 30.5 Å². The Hall–Kier alpha value is -3.42. The molecule has 3 aromatic heterocycles. The molecule has 1 amide bonds. The van der Waals surface area contributed by atoms with E-state index in [1.807, 2.05) is 27.1 Å². The highest BCUT2D eigenvalue weighted by molar-refractivity contribution is 5.93. The number of hydrogen-bond donors (Lipinski definition) is 3. The second kappa shape index (κ2) is 6.95. The lowest BCUT2D eigenvalue weighted by Gasteiger charge is -2.03. The van der Waals surface area contributed by atoms with Gasteiger partial charge in [0, 0.05) is 41.9 Å². The Labute approximate surface area is 161 Å². The average Bonchev–Trinajstić information content (AvgIpc) is 3.34. The van der Waals surface area contributed by atoms with E-state index in [2.05, 4.69) is 25.6 Å². The highest BCUT2D eigenvalue weighted by atomic mass is 19.1. The minimum absolute atomic E-state index is 0.219. The summed E-state index contributed by atoms with van der Waals surface area (Å²) < 4.78 is 15.1. The minimum atomic E-state index is -0.275. The van der Waals surface area contributed by atoms with Crippen LogP contribution in [-0.4, -0.2) is 37.4 Å². The predicted molar refractivity (Wildman–Crippen MR) is 105 cm³/mol. The van der Waals surface area contributed by atoms with E-state index in [4.69, 9.17) is 0 Å². The predicted octanol–water partition coefficient (Wildman–Crippen LogP) is 3.02. The van der Waals surface area contributed by atoms with Crippen molar-refractivity contribution in [2.45, 2.75) is 20.3 Å². The first-order chi connectivity index (χ1) is 13.4. The number of carbonyl (C=O) groups excluding carboxylic acids is 1. The summed E-state index contributed by atoms with van der Waals surface area (Å²) in [7, 11) is 1.88. The molecule has 28 heavy (non-hydrogen) atoms. The molecule has 0 aliphatic rings. The van der Waals surface area contributed by atoms with Crippen LogP contribution >= 0.6 is 0 Å². The Bertz CT molecular complexity index is 1170. The molecule has 0 unspecified atom stereocenters. The largest absolute Gasteiger partial charge is 0.361 e. The van der Waals surface area contributed by atoms with E-state index in [9.17, 15) is 9.18 Å². The van der Waals surface area contributed by atoms with Crippen molar-refractivity contribution in [2.75, 3.05) is 6.54 Å². The normalized spacial score (nSPS) is 11.3. The third-order valence-electron chi connectivity index (χ3n) is 5.00. The second-order valence-corrected chi connectivity index (χ2v) is 6.85. The van der Waals surface area contributed by atoms with E-state index in [0.717, 1.165) is 33.4 Å².